The summed E-state index contributed by atoms with van der Waals surface area (Å²) in [6, 6.07) is 0. The lowest BCUT2D eigenvalue weighted by molar-refractivity contribution is -0.138. The number of hydrogen-bond acceptors (Lipinski definition) is 5. The van der Waals surface area contributed by atoms with Gasteiger partial charge in [-0.2, -0.15) is 0 Å². The molecule has 0 radical (unpaired) electrons. The van der Waals surface area contributed by atoms with Gasteiger partial charge in [-0.3, -0.25) is 4.79 Å². The van der Waals surface area contributed by atoms with E-state index >= 15 is 0 Å². The smallest absolute Gasteiger partial charge is 0.325 e. The SMILES string of the molecule is O=C(O)Cn1nnnc1SC1CC1. The van der Waals surface area contributed by atoms with E-state index in [-0.39, 0.29) is 6.54 Å². The molecule has 1 aliphatic carbocycles. The zero-order valence-electron chi connectivity index (χ0n) is 6.75. The van der Waals surface area contributed by atoms with Gasteiger partial charge >= 0.3 is 5.97 Å². The Bertz CT molecular complexity index is 322. The minimum Gasteiger partial charge on any atom is -0.480 e. The quantitative estimate of drug-likeness (QED) is 0.737. The predicted octanol–water partition coefficient (Wildman–Crippen LogP) is 0.0122. The molecule has 1 aromatic rings. The third kappa shape index (κ3) is 2.18. The van der Waals surface area contributed by atoms with Crippen molar-refractivity contribution in [1.29, 1.82) is 0 Å². The molecule has 0 amide bonds. The van der Waals surface area contributed by atoms with Gasteiger partial charge < -0.3 is 5.11 Å². The maximum absolute atomic E-state index is 10.4. The third-order valence-corrected chi connectivity index (χ3v) is 2.89. The summed E-state index contributed by atoms with van der Waals surface area (Å²) >= 11 is 1.55. The molecule has 1 fully saturated rings. The highest BCUT2D eigenvalue weighted by atomic mass is 32.2. The number of rotatable bonds is 4. The Morgan fingerprint density at radius 2 is 2.46 bits per heavy atom. The molecule has 6 nitrogen and oxygen atoms in total. The average Bonchev–Trinajstić information content (AvgIpc) is 2.75. The summed E-state index contributed by atoms with van der Waals surface area (Å²) < 4.78 is 1.31. The maximum Gasteiger partial charge on any atom is 0.325 e. The van der Waals surface area contributed by atoms with Crippen molar-refractivity contribution >= 4 is 17.7 Å². The van der Waals surface area contributed by atoms with E-state index in [1.807, 2.05) is 0 Å². The minimum absolute atomic E-state index is 0.165. The molecule has 1 saturated carbocycles. The number of tetrazole rings is 1. The van der Waals surface area contributed by atoms with Crippen LogP contribution in [0.4, 0.5) is 0 Å². The molecule has 70 valence electrons. The van der Waals surface area contributed by atoms with Crippen molar-refractivity contribution in [1.82, 2.24) is 20.2 Å². The molecular weight excluding hydrogens is 192 g/mol. The second kappa shape index (κ2) is 3.33. The molecule has 0 aliphatic heterocycles. The summed E-state index contributed by atoms with van der Waals surface area (Å²) in [6.07, 6.45) is 2.34. The Labute approximate surface area is 78.3 Å². The molecule has 1 heterocycles. The topological polar surface area (TPSA) is 80.9 Å². The number of aromatic nitrogens is 4. The highest BCUT2D eigenvalue weighted by Crippen LogP contribution is 2.37. The Hall–Kier alpha value is -1.11. The molecule has 0 bridgehead atoms. The molecule has 0 atom stereocenters. The van der Waals surface area contributed by atoms with E-state index in [0.29, 0.717) is 10.4 Å². The van der Waals surface area contributed by atoms with Crippen molar-refractivity contribution < 1.29 is 9.90 Å². The van der Waals surface area contributed by atoms with Gasteiger partial charge in [0.2, 0.25) is 5.16 Å². The molecule has 1 aliphatic rings. The Morgan fingerprint density at radius 3 is 3.08 bits per heavy atom. The molecule has 1 aromatic heterocycles. The lowest BCUT2D eigenvalue weighted by Crippen LogP contribution is -2.11. The summed E-state index contributed by atoms with van der Waals surface area (Å²) in [7, 11) is 0. The molecule has 0 saturated heterocycles. The monoisotopic (exact) mass is 200 g/mol. The van der Waals surface area contributed by atoms with E-state index in [1.165, 1.54) is 17.5 Å². The Morgan fingerprint density at radius 1 is 1.69 bits per heavy atom. The van der Waals surface area contributed by atoms with Gasteiger partial charge in [0.1, 0.15) is 6.54 Å². The van der Waals surface area contributed by atoms with Gasteiger partial charge in [-0.25, -0.2) is 4.68 Å². The number of carboxylic acids is 1. The van der Waals surface area contributed by atoms with Gasteiger partial charge in [0.25, 0.3) is 0 Å². The van der Waals surface area contributed by atoms with Crippen molar-refractivity contribution in [3.63, 3.8) is 0 Å². The van der Waals surface area contributed by atoms with Gasteiger partial charge in [0, 0.05) is 5.25 Å². The molecule has 0 aromatic carbocycles. The van der Waals surface area contributed by atoms with E-state index in [9.17, 15) is 4.79 Å². The van der Waals surface area contributed by atoms with E-state index in [4.69, 9.17) is 5.11 Å². The number of hydrogen-bond donors (Lipinski definition) is 1. The van der Waals surface area contributed by atoms with Crippen LogP contribution < -0.4 is 0 Å². The molecule has 1 N–H and O–H groups in total. The first-order chi connectivity index (χ1) is 6.25. The van der Waals surface area contributed by atoms with E-state index < -0.39 is 5.97 Å². The second-order valence-electron chi connectivity index (χ2n) is 2.83. The summed E-state index contributed by atoms with van der Waals surface area (Å²) in [5, 5.41) is 20.5. The van der Waals surface area contributed by atoms with E-state index in [1.54, 1.807) is 11.8 Å². The van der Waals surface area contributed by atoms with E-state index in [2.05, 4.69) is 15.5 Å². The summed E-state index contributed by atoms with van der Waals surface area (Å²) in [5.41, 5.74) is 0. The van der Waals surface area contributed by atoms with Crippen molar-refractivity contribution in [3.8, 4) is 0 Å². The lowest BCUT2D eigenvalue weighted by Gasteiger charge is -1.98. The van der Waals surface area contributed by atoms with Gasteiger partial charge in [-0.05, 0) is 23.3 Å². The average molecular weight is 200 g/mol. The van der Waals surface area contributed by atoms with Crippen molar-refractivity contribution in [3.05, 3.63) is 0 Å². The van der Waals surface area contributed by atoms with Gasteiger partial charge in [0.15, 0.2) is 0 Å². The van der Waals surface area contributed by atoms with Crippen LogP contribution in [0.3, 0.4) is 0 Å². The van der Waals surface area contributed by atoms with Crippen LogP contribution in [0.15, 0.2) is 5.16 Å². The standard InChI is InChI=1S/C6H8N4O2S/c11-5(12)3-10-6(7-8-9-10)13-4-1-2-4/h4H,1-3H2,(H,11,12). The number of carboxylic acid groups (broad SMARTS) is 1. The first-order valence-corrected chi connectivity index (χ1v) is 4.78. The van der Waals surface area contributed by atoms with E-state index in [0.717, 1.165) is 0 Å². The van der Waals surface area contributed by atoms with Gasteiger partial charge in [0.05, 0.1) is 0 Å². The summed E-state index contributed by atoms with van der Waals surface area (Å²) in [5.74, 6) is -0.926. The zero-order valence-corrected chi connectivity index (χ0v) is 7.57. The van der Waals surface area contributed by atoms with Crippen molar-refractivity contribution in [2.45, 2.75) is 29.8 Å². The highest BCUT2D eigenvalue weighted by Gasteiger charge is 2.25. The first-order valence-electron chi connectivity index (χ1n) is 3.90. The molecule has 13 heavy (non-hydrogen) atoms. The predicted molar refractivity (Wildman–Crippen MR) is 44.3 cm³/mol. The van der Waals surface area contributed by atoms with Crippen molar-refractivity contribution in [2.75, 3.05) is 0 Å². The first kappa shape index (κ1) is 8.49. The normalized spacial score (nSPS) is 16.0. The minimum atomic E-state index is -0.926. The van der Waals surface area contributed by atoms with Crippen LogP contribution >= 0.6 is 11.8 Å². The Balaban J connectivity index is 2.05. The van der Waals surface area contributed by atoms with Gasteiger partial charge in [-0.15, -0.1) is 5.10 Å². The fraction of sp³-hybridized carbons (Fsp3) is 0.667. The fourth-order valence-corrected chi connectivity index (χ4v) is 1.82. The van der Waals surface area contributed by atoms with Crippen LogP contribution in [-0.2, 0) is 11.3 Å². The van der Waals surface area contributed by atoms with Crippen LogP contribution in [0.5, 0.6) is 0 Å². The second-order valence-corrected chi connectivity index (χ2v) is 4.10. The number of carbonyl (C=O) groups is 1. The van der Waals surface area contributed by atoms with Crippen LogP contribution in [-0.4, -0.2) is 36.5 Å². The zero-order chi connectivity index (χ0) is 9.26. The number of aliphatic carboxylic acids is 1. The largest absolute Gasteiger partial charge is 0.480 e. The van der Waals surface area contributed by atoms with Crippen molar-refractivity contribution in [2.24, 2.45) is 0 Å². The fourth-order valence-electron chi connectivity index (χ4n) is 0.843. The Kier molecular flexibility index (Phi) is 2.17. The molecule has 0 spiro atoms. The molecule has 7 heteroatoms. The number of thioether (sulfide) groups is 1. The highest BCUT2D eigenvalue weighted by molar-refractivity contribution is 8.00. The molecule has 2 rings (SSSR count). The van der Waals surface area contributed by atoms with Gasteiger partial charge in [-0.1, -0.05) is 11.8 Å². The van der Waals surface area contributed by atoms with Crippen LogP contribution in [0.25, 0.3) is 0 Å². The maximum atomic E-state index is 10.4. The molecule has 0 unspecified atom stereocenters. The lowest BCUT2D eigenvalue weighted by atomic mass is 10.7. The third-order valence-electron chi connectivity index (χ3n) is 1.58. The molecular formula is C6H8N4O2S. The summed E-state index contributed by atoms with van der Waals surface area (Å²) in [6.45, 7) is -0.165. The van der Waals surface area contributed by atoms with Crippen LogP contribution in [0, 0.1) is 0 Å². The summed E-state index contributed by atoms with van der Waals surface area (Å²) in [4.78, 5) is 10.4. The number of nitrogens with zero attached hydrogens (tertiary/aromatic N) is 4. The van der Waals surface area contributed by atoms with Crippen LogP contribution in [0.1, 0.15) is 12.8 Å². The van der Waals surface area contributed by atoms with Crippen LogP contribution in [0.2, 0.25) is 0 Å².